The summed E-state index contributed by atoms with van der Waals surface area (Å²) in [6.45, 7) is 8.43. The summed E-state index contributed by atoms with van der Waals surface area (Å²) < 4.78 is 50.2. The van der Waals surface area contributed by atoms with Crippen LogP contribution in [0.1, 0.15) is 87.2 Å². The fourth-order valence-electron chi connectivity index (χ4n) is 7.15. The van der Waals surface area contributed by atoms with Gasteiger partial charge < -0.3 is 56.4 Å². The van der Waals surface area contributed by atoms with Crippen molar-refractivity contribution in [1.29, 1.82) is 0 Å². The van der Waals surface area contributed by atoms with Crippen LogP contribution >= 0.6 is 0 Å². The van der Waals surface area contributed by atoms with Crippen LogP contribution in [0.3, 0.4) is 0 Å². The van der Waals surface area contributed by atoms with Gasteiger partial charge in [0.25, 0.3) is 11.9 Å². The van der Waals surface area contributed by atoms with E-state index in [9.17, 15) is 42.7 Å². The third-order valence-electron chi connectivity index (χ3n) is 11.1. The van der Waals surface area contributed by atoms with Crippen molar-refractivity contribution in [2.24, 2.45) is 11.8 Å². The van der Waals surface area contributed by atoms with Crippen LogP contribution in [0.25, 0.3) is 11.2 Å². The number of benzene rings is 2. The third-order valence-corrected chi connectivity index (χ3v) is 11.1. The van der Waals surface area contributed by atoms with E-state index < -0.39 is 71.7 Å². The highest BCUT2D eigenvalue weighted by Crippen LogP contribution is 2.47. The highest BCUT2D eigenvalue weighted by Gasteiger charge is 2.44. The molecule has 5 rings (SSSR count). The number of nitrogens with one attached hydrogen (secondary N) is 5. The molecule has 1 aliphatic carbocycles. The highest BCUT2D eigenvalue weighted by atomic mass is 19.2. The Balaban J connectivity index is 0.933. The Bertz CT molecular complexity index is 2440. The molecule has 0 saturated heterocycles. The van der Waals surface area contributed by atoms with Crippen molar-refractivity contribution in [3.8, 4) is 12.0 Å². The summed E-state index contributed by atoms with van der Waals surface area (Å²) in [5.74, 6) is -6.42. The molecule has 0 aliphatic heterocycles. The van der Waals surface area contributed by atoms with Crippen LogP contribution in [0.4, 0.5) is 14.6 Å². The highest BCUT2D eigenvalue weighted by molar-refractivity contribution is 5.94. The third kappa shape index (κ3) is 16.0. The molecule has 8 N–H and O–H groups in total. The molecule has 70 heavy (non-hydrogen) atoms. The number of hydrogen-bond acceptors (Lipinski definition) is 15. The zero-order valence-electron chi connectivity index (χ0n) is 39.7. The first-order valence-corrected chi connectivity index (χ1v) is 23.2. The molecule has 2 aromatic carbocycles. The summed E-state index contributed by atoms with van der Waals surface area (Å²) >= 11 is 0. The number of nitrogens with zero attached hydrogens (tertiary/aromatic N) is 4. The minimum Gasteiger partial charge on any atom is -0.480 e. The van der Waals surface area contributed by atoms with Gasteiger partial charge in [-0.2, -0.15) is 15.0 Å². The first kappa shape index (κ1) is 53.9. The largest absolute Gasteiger partial charge is 0.480 e. The molecule has 2 unspecified atom stereocenters. The van der Waals surface area contributed by atoms with Crippen LogP contribution in [-0.4, -0.2) is 131 Å². The van der Waals surface area contributed by atoms with Gasteiger partial charge in [0.05, 0.1) is 52.7 Å². The maximum atomic E-state index is 13.6. The number of rotatable bonds is 29. The molecule has 23 heteroatoms. The van der Waals surface area contributed by atoms with Gasteiger partial charge in [0, 0.05) is 31.0 Å². The van der Waals surface area contributed by atoms with Crippen LogP contribution in [-0.2, 0) is 44.7 Å². The van der Waals surface area contributed by atoms with Gasteiger partial charge in [-0.25, -0.2) is 13.6 Å². The number of amides is 5. The minimum atomic E-state index is -1.20. The van der Waals surface area contributed by atoms with E-state index in [0.29, 0.717) is 29.8 Å². The summed E-state index contributed by atoms with van der Waals surface area (Å²) in [5, 5.41) is 23.7. The normalized spacial score (nSPS) is 14.9. The Hall–Kier alpha value is -7.01. The number of ether oxygens (including phenoxy) is 4. The van der Waals surface area contributed by atoms with Crippen LogP contribution in [0.5, 0.6) is 12.0 Å². The van der Waals surface area contributed by atoms with E-state index in [0.717, 1.165) is 30.5 Å². The van der Waals surface area contributed by atoms with Gasteiger partial charge in [-0.05, 0) is 73.4 Å². The lowest BCUT2D eigenvalue weighted by Gasteiger charge is -2.25. The van der Waals surface area contributed by atoms with E-state index in [1.54, 1.807) is 45.0 Å². The number of fused-ring (bicyclic) bond motifs is 1. The topological polar surface area (TPSA) is 289 Å². The number of carbonyl (C=O) groups is 6. The Morgan fingerprint density at radius 2 is 1.57 bits per heavy atom. The van der Waals surface area contributed by atoms with E-state index in [4.69, 9.17) is 24.7 Å². The Morgan fingerprint density at radius 1 is 0.857 bits per heavy atom. The van der Waals surface area contributed by atoms with E-state index in [2.05, 4.69) is 41.5 Å². The lowest BCUT2D eigenvalue weighted by Crippen LogP contribution is -2.55. The van der Waals surface area contributed by atoms with Gasteiger partial charge in [-0.3, -0.25) is 28.5 Å². The van der Waals surface area contributed by atoms with Gasteiger partial charge in [0.1, 0.15) is 12.1 Å². The average Bonchev–Trinajstić information content (AvgIpc) is 4.08. The van der Waals surface area contributed by atoms with Crippen LogP contribution in [0.2, 0.25) is 0 Å². The van der Waals surface area contributed by atoms with Crippen molar-refractivity contribution in [3.05, 3.63) is 70.8 Å². The van der Waals surface area contributed by atoms with Gasteiger partial charge in [0.15, 0.2) is 28.6 Å². The Labute approximate surface area is 403 Å². The molecule has 5 amide bonds. The van der Waals surface area contributed by atoms with E-state index in [1.807, 2.05) is 6.92 Å². The van der Waals surface area contributed by atoms with Crippen molar-refractivity contribution < 1.29 is 61.6 Å². The predicted molar refractivity (Wildman–Crippen MR) is 249 cm³/mol. The fraction of sp³-hybridized carbons (Fsp3) is 0.511. The van der Waals surface area contributed by atoms with E-state index in [1.165, 1.54) is 10.6 Å². The number of imidazole rings is 1. The summed E-state index contributed by atoms with van der Waals surface area (Å²) in [6, 6.07) is 7.78. The standard InChI is InChI=1S/C47H62F2N10O11/c1-5-7-18-70-46-57-40(50)39-41(58-46)59(47(66)56-39)26-28-8-10-29(11-9-28)42(62)52-17-20-68-22-21-67-19-16-51-36(60)15-14-35(45(65)69-6-2)54-44(64)38(27(3)4)55-37(61)25-53-43(63)32-24-31(32)30-12-13-33(48)34(49)23-30/h8-13,23,27,31-32,35,38H,5-7,14-22,24-26H2,1-4H3,(H,51,60)(H,52,62)(H,53,63)(H,54,64)(H,55,61)(H,56,66)(H2,50,57,58)/t31?,32?,35-,38+/m1/s1. The lowest BCUT2D eigenvalue weighted by atomic mass is 10.0. The molecular formula is C47H62F2N10O11. The number of aromatic nitrogens is 4. The van der Waals surface area contributed by atoms with E-state index in [-0.39, 0.29) is 101 Å². The molecule has 380 valence electrons. The van der Waals surface area contributed by atoms with Crippen molar-refractivity contribution >= 4 is 52.5 Å². The molecule has 0 radical (unpaired) electrons. The number of unbranched alkanes of at least 4 members (excludes halogenated alkanes) is 1. The number of halogens is 2. The quantitative estimate of drug-likeness (QED) is 0.0304. The molecule has 1 saturated carbocycles. The molecule has 0 bridgehead atoms. The number of carbonyl (C=O) groups excluding carboxylic acids is 6. The SMILES string of the molecule is CCCCOc1nc(N)c2nc(O)n(Cc3ccc(C(=O)NCCOCCOCCNC(=O)CC[C@@H](NC(=O)[C@@H](NC(=O)CNC(=O)C4CC4c4ccc(F)c(F)c4)C(C)C)C(=O)OCC)cc3)c2n1. The molecule has 0 spiro atoms. The monoisotopic (exact) mass is 980 g/mol. The first-order chi connectivity index (χ1) is 33.6. The molecular weight excluding hydrogens is 919 g/mol. The number of nitrogen functional groups attached to an aromatic ring is 1. The van der Waals surface area contributed by atoms with Gasteiger partial charge in [-0.1, -0.05) is 45.4 Å². The summed E-state index contributed by atoms with van der Waals surface area (Å²) in [4.78, 5) is 89.5. The molecule has 4 aromatic rings. The van der Waals surface area contributed by atoms with Crippen molar-refractivity contribution in [1.82, 2.24) is 46.1 Å². The van der Waals surface area contributed by atoms with Crippen molar-refractivity contribution in [2.75, 3.05) is 65.0 Å². The number of hydrogen-bond donors (Lipinski definition) is 7. The first-order valence-electron chi connectivity index (χ1n) is 23.2. The summed E-state index contributed by atoms with van der Waals surface area (Å²) in [6.07, 6.45) is 1.92. The van der Waals surface area contributed by atoms with Crippen molar-refractivity contribution in [3.63, 3.8) is 0 Å². The maximum absolute atomic E-state index is 13.6. The second-order valence-electron chi connectivity index (χ2n) is 16.8. The van der Waals surface area contributed by atoms with Crippen LogP contribution in [0, 0.1) is 23.5 Å². The minimum absolute atomic E-state index is 0.0238. The molecule has 2 heterocycles. The molecule has 21 nitrogen and oxygen atoms in total. The number of anilines is 1. The lowest BCUT2D eigenvalue weighted by molar-refractivity contribution is -0.148. The predicted octanol–water partition coefficient (Wildman–Crippen LogP) is 2.39. The molecule has 1 aliphatic rings. The Kier molecular flexibility index (Phi) is 20.5. The average molecular weight is 981 g/mol. The molecule has 4 atom stereocenters. The second kappa shape index (κ2) is 26.7. The zero-order chi connectivity index (χ0) is 50.7. The number of esters is 1. The smallest absolute Gasteiger partial charge is 0.328 e. The second-order valence-corrected chi connectivity index (χ2v) is 16.8. The van der Waals surface area contributed by atoms with Crippen molar-refractivity contribution in [2.45, 2.75) is 84.3 Å². The van der Waals surface area contributed by atoms with Crippen LogP contribution < -0.4 is 37.1 Å². The van der Waals surface area contributed by atoms with Crippen LogP contribution in [0.15, 0.2) is 42.5 Å². The zero-order valence-corrected chi connectivity index (χ0v) is 39.7. The molecule has 2 aromatic heterocycles. The fourth-order valence-corrected chi connectivity index (χ4v) is 7.15. The maximum Gasteiger partial charge on any atom is 0.328 e. The number of nitrogens with two attached hydrogens (primary N) is 1. The summed E-state index contributed by atoms with van der Waals surface area (Å²) in [7, 11) is 0. The van der Waals surface area contributed by atoms with E-state index >= 15 is 0 Å². The molecule has 1 fully saturated rings. The summed E-state index contributed by atoms with van der Waals surface area (Å²) in [5.41, 5.74) is 8.28. The van der Waals surface area contributed by atoms with Gasteiger partial charge >= 0.3 is 12.0 Å². The number of aromatic hydroxyl groups is 1. The Morgan fingerprint density at radius 3 is 2.24 bits per heavy atom. The van der Waals surface area contributed by atoms with Gasteiger partial charge in [0.2, 0.25) is 23.6 Å². The van der Waals surface area contributed by atoms with Gasteiger partial charge in [-0.15, -0.1) is 0 Å².